The number of piperidine rings is 1. The van der Waals surface area contributed by atoms with Crippen molar-refractivity contribution >= 4 is 5.91 Å². The molecule has 126 valence electrons. The van der Waals surface area contributed by atoms with E-state index in [0.717, 1.165) is 12.8 Å². The van der Waals surface area contributed by atoms with Crippen LogP contribution in [-0.2, 0) is 0 Å². The predicted octanol–water partition coefficient (Wildman–Crippen LogP) is 3.11. The molecule has 1 aliphatic heterocycles. The molecule has 0 bridgehead atoms. The van der Waals surface area contributed by atoms with Crippen LogP contribution in [-0.4, -0.2) is 40.1 Å². The summed E-state index contributed by atoms with van der Waals surface area (Å²) in [7, 11) is 0. The molecule has 0 saturated carbocycles. The minimum absolute atomic E-state index is 0.00794. The second-order valence-electron chi connectivity index (χ2n) is 6.25. The van der Waals surface area contributed by atoms with E-state index < -0.39 is 0 Å². The molecule has 0 aliphatic carbocycles. The van der Waals surface area contributed by atoms with E-state index in [2.05, 4.69) is 11.9 Å². The van der Waals surface area contributed by atoms with E-state index in [1.807, 2.05) is 17.0 Å². The molecule has 2 atom stereocenters. The first-order valence-corrected chi connectivity index (χ1v) is 8.27. The molecule has 1 aliphatic rings. The lowest BCUT2D eigenvalue weighted by atomic mass is 9.93. The fraction of sp³-hybridized carbons (Fsp3) is 0.368. The summed E-state index contributed by atoms with van der Waals surface area (Å²) >= 11 is 0. The first-order chi connectivity index (χ1) is 11.7. The number of aromatic nitrogens is 1. The molecule has 2 aromatic rings. The number of carbonyl (C=O) groups is 1. The van der Waals surface area contributed by atoms with Crippen LogP contribution in [0.15, 0.2) is 48.8 Å². The van der Waals surface area contributed by atoms with Gasteiger partial charge in [-0.2, -0.15) is 0 Å². The smallest absolute Gasteiger partial charge is 0.254 e. The third-order valence-corrected chi connectivity index (χ3v) is 4.47. The van der Waals surface area contributed by atoms with Crippen molar-refractivity contribution in [2.75, 3.05) is 13.2 Å². The summed E-state index contributed by atoms with van der Waals surface area (Å²) in [5, 5.41) is 9.36. The molecule has 5 nitrogen and oxygen atoms in total. The van der Waals surface area contributed by atoms with Crippen molar-refractivity contribution in [3.05, 3.63) is 54.4 Å². The van der Waals surface area contributed by atoms with Gasteiger partial charge < -0.3 is 14.7 Å². The van der Waals surface area contributed by atoms with Crippen LogP contribution in [0, 0.1) is 5.92 Å². The molecule has 0 spiro atoms. The number of hydrogen-bond donors (Lipinski definition) is 1. The highest BCUT2D eigenvalue weighted by Crippen LogP contribution is 2.25. The third kappa shape index (κ3) is 3.74. The molecular formula is C19H22N2O3. The van der Waals surface area contributed by atoms with E-state index in [1.54, 1.807) is 36.7 Å². The lowest BCUT2D eigenvalue weighted by Crippen LogP contribution is -2.46. The van der Waals surface area contributed by atoms with Gasteiger partial charge in [0.1, 0.15) is 11.5 Å². The topological polar surface area (TPSA) is 62.7 Å². The average Bonchev–Trinajstić information content (AvgIpc) is 2.63. The standard InChI is InChI=1S/C19H22N2O3/c1-14-4-5-15(13-22)12-21(14)19(23)16-6-8-17(9-7-16)24-18-3-2-10-20-11-18/h2-3,6-11,14-15,22H,4-5,12-13H2,1H3. The number of aliphatic hydroxyl groups excluding tert-OH is 1. The highest BCUT2D eigenvalue weighted by Gasteiger charge is 2.29. The van der Waals surface area contributed by atoms with Gasteiger partial charge in [0, 0.05) is 31.0 Å². The SMILES string of the molecule is CC1CCC(CO)CN1C(=O)c1ccc(Oc2cccnc2)cc1. The van der Waals surface area contributed by atoms with Crippen LogP contribution in [0.1, 0.15) is 30.1 Å². The van der Waals surface area contributed by atoms with Crippen molar-refractivity contribution in [1.82, 2.24) is 9.88 Å². The highest BCUT2D eigenvalue weighted by atomic mass is 16.5. The number of rotatable bonds is 4. The molecular weight excluding hydrogens is 304 g/mol. The number of amides is 1. The summed E-state index contributed by atoms with van der Waals surface area (Å²) in [5.41, 5.74) is 0.638. The molecule has 1 aromatic heterocycles. The van der Waals surface area contributed by atoms with Crippen molar-refractivity contribution in [2.24, 2.45) is 5.92 Å². The number of nitrogens with zero attached hydrogens (tertiary/aromatic N) is 2. The number of likely N-dealkylation sites (tertiary alicyclic amines) is 1. The van der Waals surface area contributed by atoms with Gasteiger partial charge in [-0.05, 0) is 62.1 Å². The van der Waals surface area contributed by atoms with E-state index in [0.29, 0.717) is 23.6 Å². The summed E-state index contributed by atoms with van der Waals surface area (Å²) in [4.78, 5) is 18.6. The molecule has 2 unspecified atom stereocenters. The van der Waals surface area contributed by atoms with Crippen LogP contribution >= 0.6 is 0 Å². The Kier molecular flexibility index (Phi) is 5.11. The van der Waals surface area contributed by atoms with Crippen LogP contribution in [0.2, 0.25) is 0 Å². The summed E-state index contributed by atoms with van der Waals surface area (Å²) in [6.45, 7) is 2.81. The molecule has 2 heterocycles. The maximum Gasteiger partial charge on any atom is 0.254 e. The molecule has 1 saturated heterocycles. The van der Waals surface area contributed by atoms with Gasteiger partial charge in [0.25, 0.3) is 5.91 Å². The summed E-state index contributed by atoms with van der Waals surface area (Å²) < 4.78 is 5.69. The Morgan fingerprint density at radius 1 is 1.25 bits per heavy atom. The first-order valence-electron chi connectivity index (χ1n) is 8.27. The molecule has 0 radical (unpaired) electrons. The Hall–Kier alpha value is -2.40. The fourth-order valence-corrected chi connectivity index (χ4v) is 2.99. The van der Waals surface area contributed by atoms with Crippen LogP contribution < -0.4 is 4.74 Å². The van der Waals surface area contributed by atoms with Crippen molar-refractivity contribution in [1.29, 1.82) is 0 Å². The Bertz CT molecular complexity index is 673. The zero-order valence-electron chi connectivity index (χ0n) is 13.8. The molecule has 3 rings (SSSR count). The molecule has 1 fully saturated rings. The normalized spacial score (nSPS) is 20.7. The maximum atomic E-state index is 12.7. The summed E-state index contributed by atoms with van der Waals surface area (Å²) in [6.07, 6.45) is 5.23. The van der Waals surface area contributed by atoms with Gasteiger partial charge in [-0.3, -0.25) is 9.78 Å². The van der Waals surface area contributed by atoms with E-state index in [1.165, 1.54) is 0 Å². The van der Waals surface area contributed by atoms with Gasteiger partial charge >= 0.3 is 0 Å². The number of hydrogen-bond acceptors (Lipinski definition) is 4. The Morgan fingerprint density at radius 2 is 2.04 bits per heavy atom. The largest absolute Gasteiger partial charge is 0.456 e. The number of aliphatic hydroxyl groups is 1. The third-order valence-electron chi connectivity index (χ3n) is 4.47. The quantitative estimate of drug-likeness (QED) is 0.938. The van der Waals surface area contributed by atoms with Gasteiger partial charge in [0.05, 0.1) is 6.20 Å². The minimum atomic E-state index is 0.00794. The number of pyridine rings is 1. The fourth-order valence-electron chi connectivity index (χ4n) is 2.99. The lowest BCUT2D eigenvalue weighted by Gasteiger charge is -2.37. The van der Waals surface area contributed by atoms with Crippen LogP contribution in [0.4, 0.5) is 0 Å². The number of benzene rings is 1. The Labute approximate surface area is 141 Å². The average molecular weight is 326 g/mol. The van der Waals surface area contributed by atoms with Gasteiger partial charge in [-0.1, -0.05) is 0 Å². The molecule has 1 amide bonds. The van der Waals surface area contributed by atoms with Crippen LogP contribution in [0.25, 0.3) is 0 Å². The zero-order chi connectivity index (χ0) is 16.9. The zero-order valence-corrected chi connectivity index (χ0v) is 13.8. The first kappa shape index (κ1) is 16.5. The Balaban J connectivity index is 1.69. The van der Waals surface area contributed by atoms with Crippen molar-refractivity contribution in [3.63, 3.8) is 0 Å². The van der Waals surface area contributed by atoms with E-state index in [-0.39, 0.29) is 24.5 Å². The van der Waals surface area contributed by atoms with Gasteiger partial charge in [0.2, 0.25) is 0 Å². The lowest BCUT2D eigenvalue weighted by molar-refractivity contribution is 0.0489. The number of carbonyl (C=O) groups excluding carboxylic acids is 1. The maximum absolute atomic E-state index is 12.7. The number of ether oxygens (including phenoxy) is 1. The van der Waals surface area contributed by atoms with Gasteiger partial charge in [0.15, 0.2) is 0 Å². The highest BCUT2D eigenvalue weighted by molar-refractivity contribution is 5.94. The molecule has 1 N–H and O–H groups in total. The van der Waals surface area contributed by atoms with E-state index >= 15 is 0 Å². The molecule has 24 heavy (non-hydrogen) atoms. The second kappa shape index (κ2) is 7.45. The summed E-state index contributed by atoms with van der Waals surface area (Å²) in [5.74, 6) is 1.51. The van der Waals surface area contributed by atoms with Crippen molar-refractivity contribution in [3.8, 4) is 11.5 Å². The summed E-state index contributed by atoms with van der Waals surface area (Å²) in [6, 6.07) is 11.0. The van der Waals surface area contributed by atoms with Crippen molar-refractivity contribution in [2.45, 2.75) is 25.8 Å². The van der Waals surface area contributed by atoms with Gasteiger partial charge in [-0.25, -0.2) is 0 Å². The molecule has 5 heteroatoms. The Morgan fingerprint density at radius 3 is 2.71 bits per heavy atom. The second-order valence-corrected chi connectivity index (χ2v) is 6.25. The van der Waals surface area contributed by atoms with Crippen molar-refractivity contribution < 1.29 is 14.6 Å². The van der Waals surface area contributed by atoms with Gasteiger partial charge in [-0.15, -0.1) is 0 Å². The van der Waals surface area contributed by atoms with E-state index in [9.17, 15) is 9.90 Å². The van der Waals surface area contributed by atoms with Crippen LogP contribution in [0.3, 0.4) is 0 Å². The van der Waals surface area contributed by atoms with E-state index in [4.69, 9.17) is 4.74 Å². The molecule has 1 aromatic carbocycles. The monoisotopic (exact) mass is 326 g/mol. The predicted molar refractivity (Wildman–Crippen MR) is 91.1 cm³/mol. The minimum Gasteiger partial charge on any atom is -0.456 e. The van der Waals surface area contributed by atoms with Crippen LogP contribution in [0.5, 0.6) is 11.5 Å².